The SMILES string of the molecule is CC[C@H]([C@H](c1ccc(C)cc1)c1[se]nnc1-c1ccccc1)[N+](=O)[O-]. The van der Waals surface area contributed by atoms with Crippen LogP contribution < -0.4 is 0 Å². The molecule has 1 aromatic heterocycles. The van der Waals surface area contributed by atoms with Crippen molar-refractivity contribution >= 4 is 14.7 Å². The second-order valence-electron chi connectivity index (χ2n) is 6.00. The van der Waals surface area contributed by atoms with Crippen LogP contribution in [0.4, 0.5) is 0 Å². The van der Waals surface area contributed by atoms with Crippen LogP contribution in [0, 0.1) is 17.0 Å². The molecule has 0 saturated heterocycles. The van der Waals surface area contributed by atoms with Crippen molar-refractivity contribution in [3.63, 3.8) is 0 Å². The molecule has 0 radical (unpaired) electrons. The average molecular weight is 400 g/mol. The average Bonchev–Trinajstić information content (AvgIpc) is 3.10. The molecule has 0 fully saturated rings. The molecule has 5 nitrogen and oxygen atoms in total. The Hall–Kier alpha value is -2.30. The molecule has 1 heterocycles. The molecule has 0 spiro atoms. The number of hydrogen-bond donors (Lipinski definition) is 0. The summed E-state index contributed by atoms with van der Waals surface area (Å²) in [6.07, 6.45) is 0.465. The van der Waals surface area contributed by atoms with Crippen molar-refractivity contribution in [2.75, 3.05) is 0 Å². The van der Waals surface area contributed by atoms with Gasteiger partial charge in [0.05, 0.1) is 0 Å². The van der Waals surface area contributed by atoms with E-state index in [1.165, 1.54) is 0 Å². The molecule has 0 N–H and O–H groups in total. The molecule has 0 amide bonds. The first-order valence-corrected chi connectivity index (χ1v) is 9.81. The standard InChI is InChI=1S/C19H19N3O2Se/c1-3-16(22(23)24)17(14-11-9-13(2)10-12-14)19-18(20-21-25-19)15-7-5-4-6-8-15/h4-12,16-17H,3H2,1-2H3/t16-,17+/m1/s1. The summed E-state index contributed by atoms with van der Waals surface area (Å²) in [5.74, 6) is -0.300. The third-order valence-corrected chi connectivity index (χ3v) is 6.05. The molecule has 25 heavy (non-hydrogen) atoms. The van der Waals surface area contributed by atoms with Gasteiger partial charge in [-0.05, 0) is 0 Å². The van der Waals surface area contributed by atoms with E-state index in [9.17, 15) is 10.1 Å². The van der Waals surface area contributed by atoms with Crippen LogP contribution in [0.5, 0.6) is 0 Å². The maximum absolute atomic E-state index is 11.7. The molecule has 0 aliphatic heterocycles. The molecule has 3 rings (SSSR count). The van der Waals surface area contributed by atoms with E-state index in [2.05, 4.69) is 9.19 Å². The zero-order chi connectivity index (χ0) is 17.8. The summed E-state index contributed by atoms with van der Waals surface area (Å²) in [7, 11) is 0. The minimum absolute atomic E-state index is 0.158. The fourth-order valence-electron chi connectivity index (χ4n) is 3.03. The van der Waals surface area contributed by atoms with Gasteiger partial charge in [0, 0.05) is 0 Å². The van der Waals surface area contributed by atoms with Crippen LogP contribution in [0.3, 0.4) is 0 Å². The van der Waals surface area contributed by atoms with Gasteiger partial charge in [-0.3, -0.25) is 0 Å². The molecule has 0 saturated carbocycles. The fourth-order valence-corrected chi connectivity index (χ4v) is 4.84. The van der Waals surface area contributed by atoms with Crippen LogP contribution in [0.25, 0.3) is 11.3 Å². The van der Waals surface area contributed by atoms with Gasteiger partial charge in [-0.25, -0.2) is 0 Å². The Bertz CT molecular complexity index is 847. The van der Waals surface area contributed by atoms with E-state index in [1.54, 1.807) is 0 Å². The van der Waals surface area contributed by atoms with Gasteiger partial charge >= 0.3 is 153 Å². The molecule has 2 aromatic carbocycles. The summed E-state index contributed by atoms with van der Waals surface area (Å²) in [6, 6.07) is 17.1. The Kier molecular flexibility index (Phi) is 5.41. The number of hydrogen-bond acceptors (Lipinski definition) is 4. The van der Waals surface area contributed by atoms with Gasteiger partial charge in [0.1, 0.15) is 0 Å². The Balaban J connectivity index is 2.14. The van der Waals surface area contributed by atoms with Crippen LogP contribution in [-0.4, -0.2) is 34.9 Å². The quantitative estimate of drug-likeness (QED) is 0.360. The van der Waals surface area contributed by atoms with Crippen LogP contribution >= 0.6 is 0 Å². The molecular formula is C19H19N3O2Se. The molecule has 128 valence electrons. The molecule has 2 atom stereocenters. The van der Waals surface area contributed by atoms with Gasteiger partial charge in [-0.1, -0.05) is 0 Å². The van der Waals surface area contributed by atoms with E-state index in [0.717, 1.165) is 26.8 Å². The van der Waals surface area contributed by atoms with E-state index in [1.807, 2.05) is 68.4 Å². The van der Waals surface area contributed by atoms with Crippen LogP contribution in [-0.2, 0) is 0 Å². The van der Waals surface area contributed by atoms with Gasteiger partial charge in [-0.2, -0.15) is 0 Å². The van der Waals surface area contributed by atoms with E-state index >= 15 is 0 Å². The van der Waals surface area contributed by atoms with E-state index in [-0.39, 0.29) is 25.6 Å². The van der Waals surface area contributed by atoms with Crippen molar-refractivity contribution in [2.45, 2.75) is 32.2 Å². The predicted molar refractivity (Wildman–Crippen MR) is 98.5 cm³/mol. The Labute approximate surface area is 152 Å². The fraction of sp³-hybridized carbons (Fsp3) is 0.263. The summed E-state index contributed by atoms with van der Waals surface area (Å²) in [6.45, 7) is 3.88. The molecule has 0 aliphatic carbocycles. The van der Waals surface area contributed by atoms with Gasteiger partial charge in [0.15, 0.2) is 0 Å². The third kappa shape index (κ3) is 3.70. The van der Waals surface area contributed by atoms with E-state index in [0.29, 0.717) is 6.42 Å². The first kappa shape index (κ1) is 17.5. The van der Waals surface area contributed by atoms with Crippen LogP contribution in [0.1, 0.15) is 34.8 Å². The summed E-state index contributed by atoms with van der Waals surface area (Å²) < 4.78 is 5.25. The van der Waals surface area contributed by atoms with Gasteiger partial charge in [0.2, 0.25) is 0 Å². The van der Waals surface area contributed by atoms with E-state index in [4.69, 9.17) is 0 Å². The van der Waals surface area contributed by atoms with Crippen molar-refractivity contribution in [1.29, 1.82) is 0 Å². The number of nitrogens with zero attached hydrogens (tertiary/aromatic N) is 3. The monoisotopic (exact) mass is 401 g/mol. The zero-order valence-electron chi connectivity index (χ0n) is 14.1. The topological polar surface area (TPSA) is 68.9 Å². The van der Waals surface area contributed by atoms with Gasteiger partial charge in [0.25, 0.3) is 0 Å². The van der Waals surface area contributed by atoms with Crippen molar-refractivity contribution < 1.29 is 4.92 Å². The Morgan fingerprint density at radius 2 is 1.80 bits per heavy atom. The third-order valence-electron chi connectivity index (χ3n) is 4.35. The molecule has 0 aliphatic rings. The summed E-state index contributed by atoms with van der Waals surface area (Å²) in [5.41, 5.74) is 3.87. The molecule has 3 aromatic rings. The molecule has 6 heteroatoms. The predicted octanol–water partition coefficient (Wildman–Crippen LogP) is 3.70. The normalized spacial score (nSPS) is 13.4. The van der Waals surface area contributed by atoms with Crippen molar-refractivity contribution in [1.82, 2.24) is 9.19 Å². The summed E-state index contributed by atoms with van der Waals surface area (Å²) in [5, 5.41) is 16.1. The van der Waals surface area contributed by atoms with Crippen molar-refractivity contribution in [3.05, 3.63) is 80.3 Å². The molecular weight excluding hydrogens is 381 g/mol. The second-order valence-corrected chi connectivity index (χ2v) is 7.65. The van der Waals surface area contributed by atoms with Crippen molar-refractivity contribution in [3.8, 4) is 11.3 Å². The first-order chi connectivity index (χ1) is 12.1. The summed E-state index contributed by atoms with van der Waals surface area (Å²) in [4.78, 5) is 11.6. The van der Waals surface area contributed by atoms with Gasteiger partial charge < -0.3 is 0 Å². The first-order valence-electron chi connectivity index (χ1n) is 8.19. The molecule has 0 unspecified atom stereocenters. The Morgan fingerprint density at radius 3 is 2.40 bits per heavy atom. The second kappa shape index (κ2) is 7.72. The van der Waals surface area contributed by atoms with Crippen molar-refractivity contribution in [2.24, 2.45) is 0 Å². The number of rotatable bonds is 6. The number of benzene rings is 2. The number of aryl methyl sites for hydroxylation is 1. The van der Waals surface area contributed by atoms with Crippen LogP contribution in [0.15, 0.2) is 54.6 Å². The minimum atomic E-state index is -0.679. The van der Waals surface area contributed by atoms with E-state index < -0.39 is 6.04 Å². The Morgan fingerprint density at radius 1 is 1.12 bits per heavy atom. The number of aromatic nitrogens is 2. The number of nitro groups is 1. The summed E-state index contributed by atoms with van der Waals surface area (Å²) >= 11 is -0.218. The maximum atomic E-state index is 11.7. The zero-order valence-corrected chi connectivity index (χ0v) is 15.8. The van der Waals surface area contributed by atoms with Crippen LogP contribution in [0.2, 0.25) is 0 Å². The van der Waals surface area contributed by atoms with Gasteiger partial charge in [-0.15, -0.1) is 0 Å². The molecule has 0 bridgehead atoms.